The van der Waals surface area contributed by atoms with E-state index >= 15 is 0 Å². The predicted octanol–water partition coefficient (Wildman–Crippen LogP) is 0.808. The van der Waals surface area contributed by atoms with Gasteiger partial charge in [0, 0.05) is 13.0 Å². The number of carbonyl (C=O) groups is 2. The van der Waals surface area contributed by atoms with Gasteiger partial charge in [0.1, 0.15) is 6.04 Å². The summed E-state index contributed by atoms with van der Waals surface area (Å²) in [5, 5.41) is 13.8. The highest BCUT2D eigenvalue weighted by Gasteiger charge is 2.32. The number of carboxylic acid groups (broad SMARTS) is 1. The summed E-state index contributed by atoms with van der Waals surface area (Å²) in [5.74, 6) is 1.31. The van der Waals surface area contributed by atoms with Gasteiger partial charge in [0.15, 0.2) is 0 Å². The van der Waals surface area contributed by atoms with Gasteiger partial charge in [0.2, 0.25) is 0 Å². The highest BCUT2D eigenvalue weighted by Crippen LogP contribution is 2.19. The van der Waals surface area contributed by atoms with E-state index in [0.717, 1.165) is 0 Å². The molecule has 0 unspecified atom stereocenters. The van der Waals surface area contributed by atoms with Gasteiger partial charge in [0.25, 0.3) is 0 Å². The first-order valence-corrected chi connectivity index (χ1v) is 4.99. The molecule has 0 fully saturated rings. The van der Waals surface area contributed by atoms with Gasteiger partial charge in [-0.15, -0.1) is 12.3 Å². The number of terminal acetylenes is 1. The molecule has 5 heteroatoms. The second-order valence-corrected chi connectivity index (χ2v) is 4.49. The zero-order chi connectivity index (χ0) is 12.8. The van der Waals surface area contributed by atoms with Gasteiger partial charge >= 0.3 is 12.0 Å². The van der Waals surface area contributed by atoms with Crippen molar-refractivity contribution in [2.75, 3.05) is 6.54 Å². The Morgan fingerprint density at radius 1 is 1.44 bits per heavy atom. The van der Waals surface area contributed by atoms with Crippen LogP contribution in [0.15, 0.2) is 0 Å². The van der Waals surface area contributed by atoms with Crippen LogP contribution in [0, 0.1) is 17.8 Å². The van der Waals surface area contributed by atoms with Crippen molar-refractivity contribution in [1.82, 2.24) is 10.6 Å². The highest BCUT2D eigenvalue weighted by atomic mass is 16.4. The summed E-state index contributed by atoms with van der Waals surface area (Å²) in [7, 11) is 0. The Hall–Kier alpha value is -1.70. The van der Waals surface area contributed by atoms with Crippen LogP contribution >= 0.6 is 0 Å². The second-order valence-electron chi connectivity index (χ2n) is 4.49. The Bertz CT molecular complexity index is 299. The van der Waals surface area contributed by atoms with Crippen molar-refractivity contribution in [2.45, 2.75) is 33.2 Å². The minimum absolute atomic E-state index is 0.332. The summed E-state index contributed by atoms with van der Waals surface area (Å²) in [4.78, 5) is 22.3. The van der Waals surface area contributed by atoms with Crippen LogP contribution in [-0.4, -0.2) is 29.7 Å². The van der Waals surface area contributed by atoms with Crippen LogP contribution in [0.1, 0.15) is 27.2 Å². The van der Waals surface area contributed by atoms with Crippen LogP contribution in [0.3, 0.4) is 0 Å². The number of carboxylic acids is 1. The molecule has 0 spiro atoms. The highest BCUT2D eigenvalue weighted by molar-refractivity contribution is 5.83. The number of hydrogen-bond donors (Lipinski definition) is 3. The van der Waals surface area contributed by atoms with Crippen molar-refractivity contribution in [1.29, 1.82) is 0 Å². The van der Waals surface area contributed by atoms with E-state index in [9.17, 15) is 9.59 Å². The van der Waals surface area contributed by atoms with Crippen LogP contribution < -0.4 is 10.6 Å². The average Bonchev–Trinajstić information content (AvgIpc) is 2.12. The summed E-state index contributed by atoms with van der Waals surface area (Å²) in [6, 6.07) is -1.45. The monoisotopic (exact) mass is 226 g/mol. The molecular formula is C11H18N2O3. The Labute approximate surface area is 95.6 Å². The fourth-order valence-electron chi connectivity index (χ4n) is 1.08. The molecule has 0 aliphatic carbocycles. The molecule has 0 saturated carbocycles. The maximum absolute atomic E-state index is 11.3. The lowest BCUT2D eigenvalue weighted by Crippen LogP contribution is -2.52. The Morgan fingerprint density at radius 3 is 2.38 bits per heavy atom. The maximum atomic E-state index is 11.3. The number of amides is 2. The smallest absolute Gasteiger partial charge is 0.326 e. The molecule has 0 radical (unpaired) electrons. The molecule has 1 atom stereocenters. The first-order valence-electron chi connectivity index (χ1n) is 4.99. The van der Waals surface area contributed by atoms with Crippen LogP contribution in [0.5, 0.6) is 0 Å². The SMILES string of the molecule is C#CCCNC(=O)N[C@H](C(=O)O)C(C)(C)C. The summed E-state index contributed by atoms with van der Waals surface area (Å²) in [6.45, 7) is 5.56. The van der Waals surface area contributed by atoms with Crippen molar-refractivity contribution in [3.05, 3.63) is 0 Å². The van der Waals surface area contributed by atoms with Crippen LogP contribution in [0.25, 0.3) is 0 Å². The van der Waals surface area contributed by atoms with E-state index < -0.39 is 23.5 Å². The molecule has 5 nitrogen and oxygen atoms in total. The van der Waals surface area contributed by atoms with E-state index in [-0.39, 0.29) is 0 Å². The summed E-state index contributed by atoms with van der Waals surface area (Å²) in [6.07, 6.45) is 5.43. The largest absolute Gasteiger partial charge is 0.480 e. The molecule has 0 saturated heterocycles. The minimum atomic E-state index is -1.06. The van der Waals surface area contributed by atoms with Crippen molar-refractivity contribution in [3.8, 4) is 12.3 Å². The third kappa shape index (κ3) is 5.25. The third-order valence-electron chi connectivity index (χ3n) is 1.94. The van der Waals surface area contributed by atoms with Crippen molar-refractivity contribution >= 4 is 12.0 Å². The topological polar surface area (TPSA) is 78.4 Å². The predicted molar refractivity (Wildman–Crippen MR) is 60.9 cm³/mol. The number of carbonyl (C=O) groups excluding carboxylic acids is 1. The molecule has 2 amide bonds. The summed E-state index contributed by atoms with van der Waals surface area (Å²) in [5.41, 5.74) is -0.546. The fourth-order valence-corrected chi connectivity index (χ4v) is 1.08. The van der Waals surface area contributed by atoms with Gasteiger partial charge in [-0.1, -0.05) is 20.8 Å². The van der Waals surface area contributed by atoms with Crippen molar-refractivity contribution in [2.24, 2.45) is 5.41 Å². The molecule has 0 aromatic rings. The molecule has 0 rings (SSSR count). The van der Waals surface area contributed by atoms with Crippen LogP contribution in [-0.2, 0) is 4.79 Å². The molecule has 0 aromatic heterocycles. The van der Waals surface area contributed by atoms with Crippen molar-refractivity contribution < 1.29 is 14.7 Å². The Kier molecular flexibility index (Phi) is 5.37. The standard InChI is InChI=1S/C11H18N2O3/c1-5-6-7-12-10(16)13-8(9(14)15)11(2,3)4/h1,8H,6-7H2,2-4H3,(H,14,15)(H2,12,13,16)/t8-/m1/s1. The van der Waals surface area contributed by atoms with Gasteiger partial charge in [0.05, 0.1) is 0 Å². The number of nitrogens with one attached hydrogen (secondary N) is 2. The van der Waals surface area contributed by atoms with E-state index in [0.29, 0.717) is 13.0 Å². The van der Waals surface area contributed by atoms with Gasteiger partial charge in [-0.3, -0.25) is 0 Å². The third-order valence-corrected chi connectivity index (χ3v) is 1.94. The first kappa shape index (κ1) is 14.3. The molecule has 0 aliphatic heterocycles. The minimum Gasteiger partial charge on any atom is -0.480 e. The lowest BCUT2D eigenvalue weighted by molar-refractivity contribution is -0.141. The Balaban J connectivity index is 4.27. The van der Waals surface area contributed by atoms with E-state index in [1.807, 2.05) is 0 Å². The normalized spacial score (nSPS) is 12.4. The van der Waals surface area contributed by atoms with E-state index in [4.69, 9.17) is 11.5 Å². The molecule has 90 valence electrons. The molecule has 16 heavy (non-hydrogen) atoms. The Morgan fingerprint density at radius 2 is 2.00 bits per heavy atom. The molecule has 3 N–H and O–H groups in total. The van der Waals surface area contributed by atoms with Crippen molar-refractivity contribution in [3.63, 3.8) is 0 Å². The summed E-state index contributed by atoms with van der Waals surface area (Å²) < 4.78 is 0. The number of urea groups is 1. The zero-order valence-electron chi connectivity index (χ0n) is 9.83. The molecule has 0 aromatic carbocycles. The molecular weight excluding hydrogens is 208 g/mol. The van der Waals surface area contributed by atoms with Crippen LogP contribution in [0.2, 0.25) is 0 Å². The van der Waals surface area contributed by atoms with Gasteiger partial charge < -0.3 is 15.7 Å². The molecule has 0 bridgehead atoms. The number of rotatable bonds is 4. The fraction of sp³-hybridized carbons (Fsp3) is 0.636. The number of hydrogen-bond acceptors (Lipinski definition) is 2. The second kappa shape index (κ2) is 6.01. The van der Waals surface area contributed by atoms with E-state index in [2.05, 4.69) is 16.6 Å². The van der Waals surface area contributed by atoms with E-state index in [1.54, 1.807) is 20.8 Å². The van der Waals surface area contributed by atoms with Gasteiger partial charge in [-0.25, -0.2) is 9.59 Å². The average molecular weight is 226 g/mol. The van der Waals surface area contributed by atoms with Gasteiger partial charge in [-0.2, -0.15) is 0 Å². The summed E-state index contributed by atoms with van der Waals surface area (Å²) >= 11 is 0. The number of aliphatic carboxylic acids is 1. The zero-order valence-corrected chi connectivity index (χ0v) is 9.83. The molecule has 0 heterocycles. The molecule has 0 aliphatic rings. The lowest BCUT2D eigenvalue weighted by atomic mass is 9.87. The quantitative estimate of drug-likeness (QED) is 0.490. The van der Waals surface area contributed by atoms with Gasteiger partial charge in [-0.05, 0) is 5.41 Å². The van der Waals surface area contributed by atoms with E-state index in [1.165, 1.54) is 0 Å². The first-order chi connectivity index (χ1) is 7.29. The van der Waals surface area contributed by atoms with Crippen LogP contribution in [0.4, 0.5) is 4.79 Å². The maximum Gasteiger partial charge on any atom is 0.326 e. The lowest BCUT2D eigenvalue weighted by Gasteiger charge is -2.27.